The van der Waals surface area contributed by atoms with Gasteiger partial charge in [0.25, 0.3) is 5.91 Å². The third-order valence-electron chi connectivity index (χ3n) is 4.83. The van der Waals surface area contributed by atoms with E-state index in [1.807, 2.05) is 30.3 Å². The molecule has 0 spiro atoms. The van der Waals surface area contributed by atoms with Crippen LogP contribution in [0.25, 0.3) is 10.9 Å². The van der Waals surface area contributed by atoms with Crippen molar-refractivity contribution in [2.75, 3.05) is 31.1 Å². The molecule has 0 N–H and O–H groups in total. The highest BCUT2D eigenvalue weighted by atomic mass is 35.5. The fourth-order valence-electron chi connectivity index (χ4n) is 3.29. The number of nitrogens with zero attached hydrogens (tertiary/aromatic N) is 4. The molecule has 4 rings (SSSR count). The quantitative estimate of drug-likeness (QED) is 0.621. The molecular weight excluding hydrogens is 405 g/mol. The van der Waals surface area contributed by atoms with Crippen molar-refractivity contribution in [1.82, 2.24) is 14.9 Å². The first-order valence-corrected chi connectivity index (χ1v) is 9.33. The Bertz CT molecular complexity index is 1070. The van der Waals surface area contributed by atoms with Gasteiger partial charge in [-0.3, -0.25) is 4.79 Å². The van der Waals surface area contributed by atoms with E-state index in [9.17, 15) is 18.0 Å². The molecule has 0 unspecified atom stereocenters. The Hall–Kier alpha value is -2.87. The van der Waals surface area contributed by atoms with Gasteiger partial charge in [-0.25, -0.2) is 9.97 Å². The first-order chi connectivity index (χ1) is 13.8. The molecule has 5 nitrogen and oxygen atoms in total. The van der Waals surface area contributed by atoms with Gasteiger partial charge in [-0.2, -0.15) is 13.2 Å². The molecule has 29 heavy (non-hydrogen) atoms. The van der Waals surface area contributed by atoms with Gasteiger partial charge in [-0.15, -0.1) is 0 Å². The van der Waals surface area contributed by atoms with Gasteiger partial charge in [0, 0.05) is 37.8 Å². The summed E-state index contributed by atoms with van der Waals surface area (Å²) in [4.78, 5) is 24.6. The van der Waals surface area contributed by atoms with Crippen molar-refractivity contribution in [2.24, 2.45) is 0 Å². The zero-order valence-electron chi connectivity index (χ0n) is 15.2. The minimum Gasteiger partial charge on any atom is -0.352 e. The van der Waals surface area contributed by atoms with Gasteiger partial charge in [0.05, 0.1) is 16.1 Å². The number of anilines is 1. The summed E-state index contributed by atoms with van der Waals surface area (Å²) in [6, 6.07) is 12.0. The predicted molar refractivity (Wildman–Crippen MR) is 104 cm³/mol. The first kappa shape index (κ1) is 19.4. The molecule has 2 aromatic heterocycles. The molecule has 1 aliphatic rings. The van der Waals surface area contributed by atoms with E-state index < -0.39 is 11.7 Å². The van der Waals surface area contributed by atoms with Crippen LogP contribution in [0.1, 0.15) is 16.1 Å². The highest BCUT2D eigenvalue weighted by molar-refractivity contribution is 6.33. The van der Waals surface area contributed by atoms with Crippen LogP contribution in [-0.4, -0.2) is 47.0 Å². The van der Waals surface area contributed by atoms with Crippen LogP contribution in [0.4, 0.5) is 19.0 Å². The Morgan fingerprint density at radius 2 is 1.76 bits per heavy atom. The van der Waals surface area contributed by atoms with Crippen LogP contribution in [0.5, 0.6) is 0 Å². The van der Waals surface area contributed by atoms with Gasteiger partial charge in [-0.1, -0.05) is 35.9 Å². The monoisotopic (exact) mass is 420 g/mol. The van der Waals surface area contributed by atoms with E-state index in [1.165, 1.54) is 0 Å². The second kappa shape index (κ2) is 7.51. The minimum absolute atomic E-state index is 0.0594. The lowest BCUT2D eigenvalue weighted by Crippen LogP contribution is -2.49. The molecule has 1 aromatic carbocycles. The average Bonchev–Trinajstić information content (AvgIpc) is 2.72. The molecule has 0 bridgehead atoms. The lowest BCUT2D eigenvalue weighted by molar-refractivity contribution is -0.137. The molecule has 1 saturated heterocycles. The fraction of sp³-hybridized carbons (Fsp3) is 0.250. The third kappa shape index (κ3) is 3.98. The second-order valence-corrected chi connectivity index (χ2v) is 7.10. The standard InChI is InChI=1S/C20H16ClF3N4O/c21-15-11-14(20(22,23)24)12-25-18(15)27-7-9-28(10-8-27)19(29)17-6-5-13-3-1-2-4-16(13)26-17/h1-6,11-12H,7-10H2. The van der Waals surface area contributed by atoms with Crippen LogP contribution in [0.15, 0.2) is 48.7 Å². The number of amides is 1. The molecular formula is C20H16ClF3N4O. The summed E-state index contributed by atoms with van der Waals surface area (Å²) in [6.45, 7) is 1.62. The van der Waals surface area contributed by atoms with Crippen LogP contribution in [-0.2, 0) is 6.18 Å². The summed E-state index contributed by atoms with van der Waals surface area (Å²) in [7, 11) is 0. The lowest BCUT2D eigenvalue weighted by Gasteiger charge is -2.35. The van der Waals surface area contributed by atoms with Crippen molar-refractivity contribution < 1.29 is 18.0 Å². The molecule has 150 valence electrons. The SMILES string of the molecule is O=C(c1ccc2ccccc2n1)N1CCN(c2ncc(C(F)(F)F)cc2Cl)CC1. The lowest BCUT2D eigenvalue weighted by atomic mass is 10.2. The van der Waals surface area contributed by atoms with E-state index in [1.54, 1.807) is 15.9 Å². The van der Waals surface area contributed by atoms with Crippen molar-refractivity contribution in [1.29, 1.82) is 0 Å². The largest absolute Gasteiger partial charge is 0.417 e. The topological polar surface area (TPSA) is 49.3 Å². The molecule has 1 aliphatic heterocycles. The van der Waals surface area contributed by atoms with Crippen molar-refractivity contribution in [3.8, 4) is 0 Å². The summed E-state index contributed by atoms with van der Waals surface area (Å²) in [6.07, 6.45) is -3.72. The van der Waals surface area contributed by atoms with Crippen molar-refractivity contribution >= 4 is 34.2 Å². The van der Waals surface area contributed by atoms with E-state index >= 15 is 0 Å². The predicted octanol–water partition coefficient (Wildman–Crippen LogP) is 4.26. The molecule has 9 heteroatoms. The molecule has 3 aromatic rings. The number of hydrogen-bond donors (Lipinski definition) is 0. The molecule has 0 saturated carbocycles. The molecule has 0 aliphatic carbocycles. The van der Waals surface area contributed by atoms with E-state index in [-0.39, 0.29) is 16.7 Å². The van der Waals surface area contributed by atoms with Crippen LogP contribution < -0.4 is 4.90 Å². The Labute approximate surface area is 169 Å². The van der Waals surface area contributed by atoms with Gasteiger partial charge in [0.15, 0.2) is 0 Å². The second-order valence-electron chi connectivity index (χ2n) is 6.70. The maximum atomic E-state index is 12.8. The van der Waals surface area contributed by atoms with Gasteiger partial charge >= 0.3 is 6.18 Å². The number of alkyl halides is 3. The number of benzene rings is 1. The third-order valence-corrected chi connectivity index (χ3v) is 5.11. The zero-order valence-corrected chi connectivity index (χ0v) is 15.9. The number of piperazine rings is 1. The Kier molecular flexibility index (Phi) is 5.04. The zero-order chi connectivity index (χ0) is 20.6. The maximum absolute atomic E-state index is 12.8. The number of carbonyl (C=O) groups excluding carboxylic acids is 1. The van der Waals surface area contributed by atoms with E-state index in [0.717, 1.165) is 23.2 Å². The normalized spacial score (nSPS) is 15.0. The van der Waals surface area contributed by atoms with Crippen molar-refractivity contribution in [3.05, 3.63) is 64.9 Å². The number of carbonyl (C=O) groups is 1. The molecule has 0 atom stereocenters. The van der Waals surface area contributed by atoms with Gasteiger partial charge < -0.3 is 9.80 Å². The Balaban J connectivity index is 1.45. The summed E-state index contributed by atoms with van der Waals surface area (Å²) < 4.78 is 38.3. The highest BCUT2D eigenvalue weighted by Gasteiger charge is 2.32. The Morgan fingerprint density at radius 1 is 1.03 bits per heavy atom. The van der Waals surface area contributed by atoms with E-state index in [0.29, 0.717) is 31.9 Å². The summed E-state index contributed by atoms with van der Waals surface area (Å²) in [5, 5.41) is 0.896. The number of para-hydroxylation sites is 1. The van der Waals surface area contributed by atoms with Crippen molar-refractivity contribution in [3.63, 3.8) is 0 Å². The van der Waals surface area contributed by atoms with Crippen LogP contribution in [0.2, 0.25) is 5.02 Å². The number of rotatable bonds is 2. The summed E-state index contributed by atoms with van der Waals surface area (Å²) in [5.74, 6) is 0.109. The van der Waals surface area contributed by atoms with Crippen molar-refractivity contribution in [2.45, 2.75) is 6.18 Å². The van der Waals surface area contributed by atoms with Crippen LogP contribution in [0, 0.1) is 0 Å². The number of pyridine rings is 2. The first-order valence-electron chi connectivity index (χ1n) is 8.96. The van der Waals surface area contributed by atoms with Gasteiger partial charge in [0.1, 0.15) is 11.5 Å². The van der Waals surface area contributed by atoms with E-state index in [2.05, 4.69) is 9.97 Å². The van der Waals surface area contributed by atoms with E-state index in [4.69, 9.17) is 11.6 Å². The minimum atomic E-state index is -4.49. The number of halogens is 4. The van der Waals surface area contributed by atoms with Gasteiger partial charge in [-0.05, 0) is 18.2 Å². The maximum Gasteiger partial charge on any atom is 0.417 e. The van der Waals surface area contributed by atoms with Gasteiger partial charge in [0.2, 0.25) is 0 Å². The average molecular weight is 421 g/mol. The summed E-state index contributed by atoms with van der Waals surface area (Å²) >= 11 is 6.02. The molecule has 0 radical (unpaired) electrons. The number of hydrogen-bond acceptors (Lipinski definition) is 4. The molecule has 1 fully saturated rings. The number of fused-ring (bicyclic) bond motifs is 1. The fourth-order valence-corrected chi connectivity index (χ4v) is 3.57. The Morgan fingerprint density at radius 3 is 2.45 bits per heavy atom. The molecule has 3 heterocycles. The number of aromatic nitrogens is 2. The highest BCUT2D eigenvalue weighted by Crippen LogP contribution is 2.33. The summed E-state index contributed by atoms with van der Waals surface area (Å²) in [5.41, 5.74) is 0.225. The van der Waals surface area contributed by atoms with Crippen LogP contribution in [0.3, 0.4) is 0 Å². The smallest absolute Gasteiger partial charge is 0.352 e. The molecule has 1 amide bonds. The van der Waals surface area contributed by atoms with Crippen LogP contribution >= 0.6 is 11.6 Å².